The Morgan fingerprint density at radius 2 is 1.90 bits per heavy atom. The minimum atomic E-state index is -0.0141. The molecule has 0 fully saturated rings. The van der Waals surface area contributed by atoms with E-state index < -0.39 is 0 Å². The van der Waals surface area contributed by atoms with Gasteiger partial charge in [-0.25, -0.2) is 0 Å². The second kappa shape index (κ2) is 8.20. The van der Waals surface area contributed by atoms with Crippen LogP contribution in [0.4, 0.5) is 5.69 Å². The number of nitrogens with one attached hydrogen (secondary N) is 1. The largest absolute Gasteiger partial charge is 0.494 e. The number of halogens is 2. The first kappa shape index (κ1) is 16.0. The summed E-state index contributed by atoms with van der Waals surface area (Å²) in [6.07, 6.45) is 1.10. The minimum Gasteiger partial charge on any atom is -0.494 e. The Bertz CT molecular complexity index is 617. The number of hydrogen-bond acceptors (Lipinski definition) is 2. The van der Waals surface area contributed by atoms with E-state index in [0.29, 0.717) is 19.4 Å². The van der Waals surface area contributed by atoms with Crippen LogP contribution in [0.5, 0.6) is 5.75 Å². The van der Waals surface area contributed by atoms with Crippen molar-refractivity contribution >= 4 is 43.5 Å². The van der Waals surface area contributed by atoms with E-state index in [1.54, 1.807) is 0 Å². The number of amides is 1. The van der Waals surface area contributed by atoms with E-state index in [-0.39, 0.29) is 5.91 Å². The Morgan fingerprint density at radius 3 is 2.67 bits per heavy atom. The van der Waals surface area contributed by atoms with Crippen molar-refractivity contribution in [2.45, 2.75) is 12.8 Å². The highest BCUT2D eigenvalue weighted by molar-refractivity contribution is 9.10. The van der Waals surface area contributed by atoms with E-state index in [1.165, 1.54) is 0 Å². The van der Waals surface area contributed by atoms with E-state index in [2.05, 4.69) is 37.2 Å². The molecule has 0 heterocycles. The van der Waals surface area contributed by atoms with Crippen molar-refractivity contribution in [3.8, 4) is 5.75 Å². The predicted molar refractivity (Wildman–Crippen MR) is 91.6 cm³/mol. The van der Waals surface area contributed by atoms with E-state index in [0.717, 1.165) is 20.4 Å². The van der Waals surface area contributed by atoms with Gasteiger partial charge < -0.3 is 10.1 Å². The molecule has 0 atom stereocenters. The molecular weight excluding hydrogens is 398 g/mol. The van der Waals surface area contributed by atoms with Gasteiger partial charge in [0.25, 0.3) is 0 Å². The van der Waals surface area contributed by atoms with Crippen molar-refractivity contribution in [2.24, 2.45) is 0 Å². The topological polar surface area (TPSA) is 38.3 Å². The number of benzene rings is 2. The lowest BCUT2D eigenvalue weighted by atomic mass is 10.2. The van der Waals surface area contributed by atoms with Crippen LogP contribution in [0.3, 0.4) is 0 Å². The highest BCUT2D eigenvalue weighted by atomic mass is 79.9. The summed E-state index contributed by atoms with van der Waals surface area (Å²) < 4.78 is 7.45. The molecule has 0 aliphatic carbocycles. The third kappa shape index (κ3) is 5.52. The molecule has 1 amide bonds. The number of para-hydroxylation sites is 1. The lowest BCUT2D eigenvalue weighted by molar-refractivity contribution is -0.116. The molecule has 0 aliphatic rings. The van der Waals surface area contributed by atoms with Crippen LogP contribution in [0.2, 0.25) is 0 Å². The lowest BCUT2D eigenvalue weighted by Crippen LogP contribution is -2.13. The van der Waals surface area contributed by atoms with Crippen LogP contribution >= 0.6 is 31.9 Å². The predicted octanol–water partition coefficient (Wildman–Crippen LogP) is 5.01. The zero-order chi connectivity index (χ0) is 15.1. The summed E-state index contributed by atoms with van der Waals surface area (Å²) in [4.78, 5) is 11.8. The highest BCUT2D eigenvalue weighted by Gasteiger charge is 2.05. The van der Waals surface area contributed by atoms with Gasteiger partial charge in [0.1, 0.15) is 5.75 Å². The summed E-state index contributed by atoms with van der Waals surface area (Å²) in [6.45, 7) is 0.514. The van der Waals surface area contributed by atoms with E-state index in [1.807, 2.05) is 48.5 Å². The van der Waals surface area contributed by atoms with Crippen LogP contribution in [0.25, 0.3) is 0 Å². The molecule has 0 aromatic heterocycles. The number of carbonyl (C=O) groups excluding carboxylic acids is 1. The van der Waals surface area contributed by atoms with Crippen molar-refractivity contribution in [3.05, 3.63) is 57.5 Å². The summed E-state index contributed by atoms with van der Waals surface area (Å²) in [5.74, 6) is 0.787. The van der Waals surface area contributed by atoms with Crippen LogP contribution in [0.1, 0.15) is 12.8 Å². The van der Waals surface area contributed by atoms with Crippen molar-refractivity contribution in [1.29, 1.82) is 0 Å². The summed E-state index contributed by atoms with van der Waals surface area (Å²) in [5, 5.41) is 2.87. The molecule has 2 rings (SSSR count). The molecule has 0 bridgehead atoms. The fourth-order valence-electron chi connectivity index (χ4n) is 1.75. The van der Waals surface area contributed by atoms with Gasteiger partial charge in [-0.3, -0.25) is 4.79 Å². The second-order valence-corrected chi connectivity index (χ2v) is 6.21. The molecule has 0 spiro atoms. The van der Waals surface area contributed by atoms with Gasteiger partial charge in [-0.15, -0.1) is 0 Å². The minimum absolute atomic E-state index is 0.0141. The van der Waals surface area contributed by atoms with Gasteiger partial charge >= 0.3 is 0 Å². The monoisotopic (exact) mass is 411 g/mol. The molecule has 0 saturated heterocycles. The smallest absolute Gasteiger partial charge is 0.224 e. The molecule has 1 N–H and O–H groups in total. The number of rotatable bonds is 6. The molecular formula is C16H15Br2NO2. The summed E-state index contributed by atoms with van der Waals surface area (Å²) in [5.41, 5.74) is 0.787. The van der Waals surface area contributed by atoms with Crippen LogP contribution in [-0.2, 0) is 4.79 Å². The molecule has 2 aromatic rings. The van der Waals surface area contributed by atoms with Gasteiger partial charge in [-0.2, -0.15) is 0 Å². The van der Waals surface area contributed by atoms with Gasteiger partial charge in [0.05, 0.1) is 12.3 Å². The Balaban J connectivity index is 1.71. The maximum Gasteiger partial charge on any atom is 0.224 e. The first-order valence-electron chi connectivity index (χ1n) is 6.58. The Morgan fingerprint density at radius 1 is 1.10 bits per heavy atom. The molecule has 0 unspecified atom stereocenters. The van der Waals surface area contributed by atoms with E-state index in [4.69, 9.17) is 4.74 Å². The average Bonchev–Trinajstić information content (AvgIpc) is 2.46. The molecule has 110 valence electrons. The Hall–Kier alpha value is -1.33. The third-order valence-electron chi connectivity index (χ3n) is 2.76. The standard InChI is InChI=1S/C16H15Br2NO2/c17-12-5-3-6-13(11-12)21-10-4-9-16(20)19-15-8-2-1-7-14(15)18/h1-3,5-8,11H,4,9-10H2,(H,19,20). The van der Waals surface area contributed by atoms with Gasteiger partial charge in [0, 0.05) is 15.4 Å². The van der Waals surface area contributed by atoms with Crippen LogP contribution in [0, 0.1) is 0 Å². The number of ether oxygens (including phenoxy) is 1. The van der Waals surface area contributed by atoms with Gasteiger partial charge in [0.2, 0.25) is 5.91 Å². The molecule has 0 aliphatic heterocycles. The maximum atomic E-state index is 11.8. The van der Waals surface area contributed by atoms with Crippen LogP contribution in [-0.4, -0.2) is 12.5 Å². The molecule has 5 heteroatoms. The molecule has 2 aromatic carbocycles. The van der Waals surface area contributed by atoms with Gasteiger partial charge in [-0.05, 0) is 52.7 Å². The summed E-state index contributed by atoms with van der Waals surface area (Å²) >= 11 is 6.79. The van der Waals surface area contributed by atoms with Crippen LogP contribution in [0.15, 0.2) is 57.5 Å². The summed E-state index contributed by atoms with van der Waals surface area (Å²) in [6, 6.07) is 15.2. The Labute approximate surface area is 141 Å². The fourth-order valence-corrected chi connectivity index (χ4v) is 2.52. The third-order valence-corrected chi connectivity index (χ3v) is 3.95. The molecule has 3 nitrogen and oxygen atoms in total. The lowest BCUT2D eigenvalue weighted by Gasteiger charge is -2.08. The second-order valence-electron chi connectivity index (χ2n) is 4.44. The van der Waals surface area contributed by atoms with Gasteiger partial charge in [-0.1, -0.05) is 34.1 Å². The van der Waals surface area contributed by atoms with Crippen molar-refractivity contribution < 1.29 is 9.53 Å². The van der Waals surface area contributed by atoms with E-state index >= 15 is 0 Å². The number of carbonyl (C=O) groups is 1. The van der Waals surface area contributed by atoms with E-state index in [9.17, 15) is 4.79 Å². The molecule has 0 saturated carbocycles. The maximum absolute atomic E-state index is 11.8. The zero-order valence-corrected chi connectivity index (χ0v) is 14.5. The fraction of sp³-hybridized carbons (Fsp3) is 0.188. The Kier molecular flexibility index (Phi) is 6.26. The first-order valence-corrected chi connectivity index (χ1v) is 8.16. The number of anilines is 1. The highest BCUT2D eigenvalue weighted by Crippen LogP contribution is 2.21. The van der Waals surface area contributed by atoms with Gasteiger partial charge in [0.15, 0.2) is 0 Å². The quantitative estimate of drug-likeness (QED) is 0.677. The molecule has 0 radical (unpaired) electrons. The first-order chi connectivity index (χ1) is 10.1. The normalized spacial score (nSPS) is 10.2. The van der Waals surface area contributed by atoms with Crippen molar-refractivity contribution in [2.75, 3.05) is 11.9 Å². The zero-order valence-electron chi connectivity index (χ0n) is 11.3. The molecule has 21 heavy (non-hydrogen) atoms. The van der Waals surface area contributed by atoms with Crippen molar-refractivity contribution in [3.63, 3.8) is 0 Å². The average molecular weight is 413 g/mol. The summed E-state index contributed by atoms with van der Waals surface area (Å²) in [7, 11) is 0. The number of hydrogen-bond donors (Lipinski definition) is 1. The SMILES string of the molecule is O=C(CCCOc1cccc(Br)c1)Nc1ccccc1Br. The van der Waals surface area contributed by atoms with Crippen LogP contribution < -0.4 is 10.1 Å². The van der Waals surface area contributed by atoms with Crippen molar-refractivity contribution in [1.82, 2.24) is 0 Å².